The lowest BCUT2D eigenvalue weighted by Crippen LogP contribution is -2.45. The Morgan fingerprint density at radius 1 is 0.597 bits per heavy atom. The van der Waals surface area contributed by atoms with Gasteiger partial charge in [-0.3, -0.25) is 24.2 Å². The highest BCUT2D eigenvalue weighted by Crippen LogP contribution is 2.29. The van der Waals surface area contributed by atoms with E-state index in [9.17, 15) is 37.1 Å². The van der Waals surface area contributed by atoms with Crippen molar-refractivity contribution in [2.75, 3.05) is 49.1 Å². The molecule has 0 bridgehead atoms. The summed E-state index contributed by atoms with van der Waals surface area (Å²) in [5.41, 5.74) is 9.51. The number of hydrogen-bond donors (Lipinski definition) is 2. The molecule has 0 spiro atoms. The summed E-state index contributed by atoms with van der Waals surface area (Å²) in [6, 6.07) is 23.1. The van der Waals surface area contributed by atoms with Crippen LogP contribution in [0.1, 0.15) is 70.4 Å². The monoisotopic (exact) mass is 922 g/mol. The summed E-state index contributed by atoms with van der Waals surface area (Å²) < 4.78 is 58.5. The zero-order chi connectivity index (χ0) is 47.8. The van der Waals surface area contributed by atoms with Gasteiger partial charge in [-0.2, -0.15) is 8.78 Å². The maximum atomic E-state index is 15.1. The average Bonchev–Trinajstić information content (AvgIpc) is 3.92. The number of carbonyl (C=O) groups excluding carboxylic acids is 5. The Bertz CT molecular complexity index is 2780. The largest absolute Gasteiger partial charge is 0.351 e. The van der Waals surface area contributed by atoms with Gasteiger partial charge in [-0.25, -0.2) is 18.4 Å². The second-order valence-corrected chi connectivity index (χ2v) is 16.9. The number of benzene rings is 4. The number of hydrogen-bond acceptors (Lipinski definition) is 6. The molecule has 13 nitrogen and oxygen atoms in total. The summed E-state index contributed by atoms with van der Waals surface area (Å²) in [4.78, 5) is 68.7. The van der Waals surface area contributed by atoms with Crippen LogP contribution in [-0.4, -0.2) is 94.2 Å². The van der Waals surface area contributed by atoms with Crippen LogP contribution in [0, 0.1) is 11.6 Å². The number of aromatic nitrogens is 2. The van der Waals surface area contributed by atoms with Gasteiger partial charge < -0.3 is 30.0 Å². The van der Waals surface area contributed by atoms with E-state index in [1.807, 2.05) is 94.4 Å². The number of halogens is 4. The summed E-state index contributed by atoms with van der Waals surface area (Å²) in [5.74, 6) is -3.82. The molecule has 2 aliphatic rings. The van der Waals surface area contributed by atoms with E-state index in [2.05, 4.69) is 0 Å². The van der Waals surface area contributed by atoms with Gasteiger partial charge in [0.1, 0.15) is 11.6 Å². The van der Waals surface area contributed by atoms with Gasteiger partial charge in [0.05, 0.1) is 26.2 Å². The smallest absolute Gasteiger partial charge is 0.324 e. The van der Waals surface area contributed by atoms with Crippen LogP contribution in [0.5, 0.6) is 0 Å². The fraction of sp³-hybridized carbons (Fsp3) is 0.340. The zero-order valence-corrected chi connectivity index (χ0v) is 37.5. The molecule has 0 aliphatic carbocycles. The Balaban J connectivity index is 0.000000201. The Labute approximate surface area is 385 Å². The van der Waals surface area contributed by atoms with Crippen molar-refractivity contribution >= 4 is 62.7 Å². The third-order valence-electron chi connectivity index (χ3n) is 12.3. The van der Waals surface area contributed by atoms with E-state index in [1.165, 1.54) is 23.1 Å². The van der Waals surface area contributed by atoms with E-state index in [-0.39, 0.29) is 54.2 Å². The molecule has 4 heterocycles. The van der Waals surface area contributed by atoms with Crippen LogP contribution >= 0.6 is 0 Å². The maximum Gasteiger partial charge on any atom is 0.324 e. The Morgan fingerprint density at radius 2 is 1.03 bits per heavy atom. The molecule has 2 aliphatic heterocycles. The first kappa shape index (κ1) is 47.9. The van der Waals surface area contributed by atoms with Crippen molar-refractivity contribution < 1.29 is 41.5 Å². The van der Waals surface area contributed by atoms with E-state index in [0.29, 0.717) is 37.4 Å². The molecule has 0 saturated carbocycles. The van der Waals surface area contributed by atoms with Crippen molar-refractivity contribution in [3.8, 4) is 0 Å². The Hall–Kier alpha value is -7.01. The minimum atomic E-state index is -3.24. The van der Waals surface area contributed by atoms with Crippen molar-refractivity contribution in [3.63, 3.8) is 0 Å². The van der Waals surface area contributed by atoms with Crippen molar-refractivity contribution in [3.05, 3.63) is 131 Å². The molecule has 17 heteroatoms. The lowest BCUT2D eigenvalue weighted by atomic mass is 10.1. The number of amides is 5. The summed E-state index contributed by atoms with van der Waals surface area (Å²) in [6.07, 6.45) is 6.59. The van der Waals surface area contributed by atoms with Crippen LogP contribution in [0.4, 0.5) is 38.5 Å². The summed E-state index contributed by atoms with van der Waals surface area (Å²) >= 11 is 0. The van der Waals surface area contributed by atoms with Crippen molar-refractivity contribution in [2.45, 2.75) is 58.0 Å². The second kappa shape index (κ2) is 21.5. The number of fused-ring (bicyclic) bond motifs is 2. The van der Waals surface area contributed by atoms with Crippen molar-refractivity contribution in [1.82, 2.24) is 24.3 Å². The average molecular weight is 923 g/mol. The molecule has 67 heavy (non-hydrogen) atoms. The van der Waals surface area contributed by atoms with Crippen LogP contribution in [0.3, 0.4) is 0 Å². The standard InChI is InChI=1S/C26H27F3N4O3.C24H27FN4O2/c1-31-12-9-17-13-20(7-8-22(17)31)33(26(36)32-10-3-2-4-11-32)16-19-6-5-18(14-21(19)27)23(34)15-30-25(35)24(28)29;1-27-12-9-17-13-20(7-8-22(17)27)29(24(31)28-10-3-2-4-11-28)16-19-6-5-18(14-21(19)25)23(30)15-26/h5-9,12-14,24H,2-4,10-11,15-16H2,1H3,(H,30,35);5-9,12-14H,2-4,10-11,15-16,26H2,1H3. The molecule has 0 unspecified atom stereocenters. The molecule has 352 valence electrons. The van der Waals surface area contributed by atoms with Gasteiger partial charge >= 0.3 is 18.5 Å². The topological polar surface area (TPSA) is 146 Å². The van der Waals surface area contributed by atoms with Crippen LogP contribution < -0.4 is 20.9 Å². The summed E-state index contributed by atoms with van der Waals surface area (Å²) in [7, 11) is 3.90. The lowest BCUT2D eigenvalue weighted by molar-refractivity contribution is -0.131. The van der Waals surface area contributed by atoms with Crippen molar-refractivity contribution in [1.29, 1.82) is 0 Å². The minimum absolute atomic E-state index is 0.0594. The molecule has 2 fully saturated rings. The van der Waals surface area contributed by atoms with E-state index < -0.39 is 36.3 Å². The molecule has 2 saturated heterocycles. The number of alkyl halides is 2. The number of aryl methyl sites for hydroxylation is 2. The first-order chi connectivity index (χ1) is 32.2. The first-order valence-electron chi connectivity index (χ1n) is 22.3. The van der Waals surface area contributed by atoms with Gasteiger partial charge in [-0.1, -0.05) is 24.3 Å². The first-order valence-corrected chi connectivity index (χ1v) is 22.3. The third kappa shape index (κ3) is 11.3. The van der Waals surface area contributed by atoms with E-state index in [4.69, 9.17) is 5.73 Å². The lowest BCUT2D eigenvalue weighted by Gasteiger charge is -2.33. The summed E-state index contributed by atoms with van der Waals surface area (Å²) in [6.45, 7) is 1.85. The molecule has 8 rings (SSSR count). The molecule has 3 N–H and O–H groups in total. The number of ketones is 2. The number of piperidine rings is 2. The van der Waals surface area contributed by atoms with Gasteiger partial charge in [0.25, 0.3) is 5.91 Å². The molecule has 0 atom stereocenters. The van der Waals surface area contributed by atoms with Gasteiger partial charge in [-0.15, -0.1) is 0 Å². The normalized spacial score (nSPS) is 13.9. The van der Waals surface area contributed by atoms with E-state index in [1.54, 1.807) is 21.9 Å². The number of rotatable bonds is 12. The highest BCUT2D eigenvalue weighted by Gasteiger charge is 2.28. The fourth-order valence-corrected chi connectivity index (χ4v) is 8.43. The molecule has 4 aromatic carbocycles. The number of Topliss-reactive ketones (excluding diaryl/α,β-unsaturated/α-hetero) is 2. The number of likely N-dealkylation sites (tertiary alicyclic amines) is 2. The molecular weight excluding hydrogens is 869 g/mol. The molecule has 5 amide bonds. The predicted octanol–water partition coefficient (Wildman–Crippen LogP) is 8.57. The zero-order valence-electron chi connectivity index (χ0n) is 37.5. The SMILES string of the molecule is Cn1ccc2cc(N(Cc3ccc(C(=O)CN)cc3F)C(=O)N3CCCCC3)ccc21.Cn1ccc2cc(N(Cc3ccc(C(=O)CNC(=O)C(F)F)cc3F)C(=O)N3CCCCC3)ccc21. The maximum absolute atomic E-state index is 15.1. The number of nitrogens with zero attached hydrogens (tertiary/aromatic N) is 6. The number of nitrogens with two attached hydrogens (primary N) is 1. The van der Waals surface area contributed by atoms with Crippen LogP contribution in [0.2, 0.25) is 0 Å². The fourth-order valence-electron chi connectivity index (χ4n) is 8.43. The molecular formula is C50H54F4N8O5. The predicted molar refractivity (Wildman–Crippen MR) is 249 cm³/mol. The highest BCUT2D eigenvalue weighted by molar-refractivity contribution is 6.00. The van der Waals surface area contributed by atoms with Crippen LogP contribution in [0.15, 0.2) is 97.3 Å². The quantitative estimate of drug-likeness (QED) is 0.0930. The minimum Gasteiger partial charge on any atom is -0.351 e. The Morgan fingerprint density at radius 3 is 1.43 bits per heavy atom. The summed E-state index contributed by atoms with van der Waals surface area (Å²) in [5, 5.41) is 3.77. The van der Waals surface area contributed by atoms with E-state index in [0.717, 1.165) is 72.1 Å². The second-order valence-electron chi connectivity index (χ2n) is 16.9. The van der Waals surface area contributed by atoms with Gasteiger partial charge in [0.15, 0.2) is 11.6 Å². The number of anilines is 2. The molecule has 6 aromatic rings. The van der Waals surface area contributed by atoms with Crippen LogP contribution in [0.25, 0.3) is 21.8 Å². The Kier molecular flexibility index (Phi) is 15.4. The third-order valence-corrected chi connectivity index (χ3v) is 12.3. The molecule has 0 radical (unpaired) electrons. The van der Waals surface area contributed by atoms with Crippen molar-refractivity contribution in [2.24, 2.45) is 19.8 Å². The molecule has 2 aromatic heterocycles. The highest BCUT2D eigenvalue weighted by atomic mass is 19.3. The van der Waals surface area contributed by atoms with Gasteiger partial charge in [-0.05, 0) is 99.2 Å². The number of carbonyl (C=O) groups is 5. The number of urea groups is 2. The van der Waals surface area contributed by atoms with Gasteiger partial charge in [0.2, 0.25) is 0 Å². The van der Waals surface area contributed by atoms with Crippen LogP contribution in [-0.2, 0) is 32.0 Å². The van der Waals surface area contributed by atoms with Gasteiger partial charge in [0, 0.05) is 108 Å². The number of nitrogens with one attached hydrogen (secondary N) is 1. The van der Waals surface area contributed by atoms with E-state index >= 15 is 4.39 Å².